The molecule has 22 heavy (non-hydrogen) atoms. The number of benzene rings is 2. The number of primary sulfonamides is 1. The van der Waals surface area contributed by atoms with Gasteiger partial charge in [-0.2, -0.15) is 8.42 Å². The fourth-order valence-corrected chi connectivity index (χ4v) is 3.28. The third kappa shape index (κ3) is 3.56. The van der Waals surface area contributed by atoms with Crippen molar-refractivity contribution in [1.29, 1.82) is 0 Å². The Bertz CT molecular complexity index is 890. The third-order valence-corrected chi connectivity index (χ3v) is 4.83. The second kappa shape index (κ2) is 5.95. The summed E-state index contributed by atoms with van der Waals surface area (Å²) in [6.45, 7) is 0. The number of ether oxygens (including phenoxy) is 1. The Morgan fingerprint density at radius 3 is 2.05 bits per heavy atom. The van der Waals surface area contributed by atoms with Gasteiger partial charge in [0.1, 0.15) is 4.90 Å². The van der Waals surface area contributed by atoms with Gasteiger partial charge in [0.05, 0.1) is 12.0 Å². The van der Waals surface area contributed by atoms with Crippen molar-refractivity contribution >= 4 is 20.1 Å². The molecule has 118 valence electrons. The van der Waals surface area contributed by atoms with Crippen LogP contribution >= 0.6 is 0 Å². The number of para-hydroxylation sites is 2. The van der Waals surface area contributed by atoms with E-state index in [1.54, 1.807) is 12.1 Å². The molecule has 2 N–H and O–H groups in total. The van der Waals surface area contributed by atoms with Gasteiger partial charge in [-0.25, -0.2) is 13.6 Å². The SMILES string of the molecule is COc1ccccc1OS(=O)(=O)c1cccc(S(N)(=O)=O)c1. The van der Waals surface area contributed by atoms with E-state index in [9.17, 15) is 16.8 Å². The van der Waals surface area contributed by atoms with Crippen molar-refractivity contribution in [3.05, 3.63) is 48.5 Å². The monoisotopic (exact) mass is 343 g/mol. The Labute approximate surface area is 128 Å². The molecule has 0 aliphatic rings. The molecule has 0 aliphatic carbocycles. The maximum atomic E-state index is 12.2. The molecule has 7 nitrogen and oxygen atoms in total. The summed E-state index contributed by atoms with van der Waals surface area (Å²) in [7, 11) is -6.87. The molecule has 2 aromatic rings. The van der Waals surface area contributed by atoms with Gasteiger partial charge in [-0.15, -0.1) is 0 Å². The normalized spacial score (nSPS) is 11.9. The lowest BCUT2D eigenvalue weighted by Crippen LogP contribution is -2.15. The second-order valence-corrected chi connectivity index (χ2v) is 7.32. The Morgan fingerprint density at radius 2 is 1.45 bits per heavy atom. The van der Waals surface area contributed by atoms with Gasteiger partial charge in [0.15, 0.2) is 11.5 Å². The van der Waals surface area contributed by atoms with Crippen LogP contribution in [0.3, 0.4) is 0 Å². The minimum Gasteiger partial charge on any atom is -0.493 e. The van der Waals surface area contributed by atoms with Gasteiger partial charge < -0.3 is 8.92 Å². The van der Waals surface area contributed by atoms with Gasteiger partial charge in [-0.3, -0.25) is 0 Å². The zero-order chi connectivity index (χ0) is 16.4. The van der Waals surface area contributed by atoms with Crippen molar-refractivity contribution in [3.63, 3.8) is 0 Å². The van der Waals surface area contributed by atoms with E-state index in [1.807, 2.05) is 0 Å². The number of hydrogen-bond donors (Lipinski definition) is 1. The van der Waals surface area contributed by atoms with Crippen LogP contribution in [-0.2, 0) is 20.1 Å². The topological polar surface area (TPSA) is 113 Å². The fraction of sp³-hybridized carbons (Fsp3) is 0.0769. The molecule has 2 aromatic carbocycles. The van der Waals surface area contributed by atoms with Crippen LogP contribution in [0.15, 0.2) is 58.3 Å². The van der Waals surface area contributed by atoms with Crippen LogP contribution in [0.5, 0.6) is 11.5 Å². The average Bonchev–Trinajstić information content (AvgIpc) is 2.47. The Morgan fingerprint density at radius 1 is 0.864 bits per heavy atom. The highest BCUT2D eigenvalue weighted by molar-refractivity contribution is 7.89. The van der Waals surface area contributed by atoms with Crippen LogP contribution in [0, 0.1) is 0 Å². The molecule has 0 unspecified atom stereocenters. The number of rotatable bonds is 5. The summed E-state index contributed by atoms with van der Waals surface area (Å²) in [5, 5.41) is 4.98. The molecular weight excluding hydrogens is 330 g/mol. The summed E-state index contributed by atoms with van der Waals surface area (Å²) in [4.78, 5) is -0.651. The van der Waals surface area contributed by atoms with Crippen LogP contribution in [0.2, 0.25) is 0 Å². The number of methoxy groups -OCH3 is 1. The van der Waals surface area contributed by atoms with E-state index < -0.39 is 20.1 Å². The molecule has 0 aromatic heterocycles. The molecule has 0 fully saturated rings. The van der Waals surface area contributed by atoms with Crippen molar-refractivity contribution in [3.8, 4) is 11.5 Å². The standard InChI is InChI=1S/C13H13NO6S2/c1-19-12-7-2-3-8-13(12)20-22(17,18)11-6-4-5-10(9-11)21(14,15)16/h2-9H,1H3,(H2,14,15,16). The van der Waals surface area contributed by atoms with Crippen LogP contribution in [0.25, 0.3) is 0 Å². The van der Waals surface area contributed by atoms with Gasteiger partial charge in [0.2, 0.25) is 10.0 Å². The van der Waals surface area contributed by atoms with Crippen LogP contribution in [0.1, 0.15) is 0 Å². The van der Waals surface area contributed by atoms with Crippen molar-refractivity contribution in [2.24, 2.45) is 5.14 Å². The van der Waals surface area contributed by atoms with E-state index in [2.05, 4.69) is 0 Å². The Kier molecular flexibility index (Phi) is 4.40. The lowest BCUT2D eigenvalue weighted by molar-refractivity contribution is 0.390. The quantitative estimate of drug-likeness (QED) is 0.814. The maximum absolute atomic E-state index is 12.2. The highest BCUT2D eigenvalue weighted by Crippen LogP contribution is 2.29. The lowest BCUT2D eigenvalue weighted by atomic mass is 10.3. The molecule has 0 saturated heterocycles. The largest absolute Gasteiger partial charge is 0.493 e. The third-order valence-electron chi connectivity index (χ3n) is 2.69. The highest BCUT2D eigenvalue weighted by Gasteiger charge is 2.21. The summed E-state index contributed by atoms with van der Waals surface area (Å²) in [6, 6.07) is 10.8. The first-order chi connectivity index (χ1) is 10.2. The van der Waals surface area contributed by atoms with E-state index >= 15 is 0 Å². The minimum atomic E-state index is -4.23. The first-order valence-corrected chi connectivity index (χ1v) is 8.90. The summed E-state index contributed by atoms with van der Waals surface area (Å²) in [5.74, 6) is 0.222. The molecule has 9 heteroatoms. The summed E-state index contributed by atoms with van der Waals surface area (Å²) in [5.41, 5.74) is 0. The zero-order valence-corrected chi connectivity index (χ0v) is 13.1. The van der Waals surface area contributed by atoms with E-state index in [4.69, 9.17) is 14.1 Å². The minimum absolute atomic E-state index is 0.00833. The van der Waals surface area contributed by atoms with Gasteiger partial charge in [-0.05, 0) is 30.3 Å². The lowest BCUT2D eigenvalue weighted by Gasteiger charge is -2.10. The van der Waals surface area contributed by atoms with Crippen molar-refractivity contribution in [2.75, 3.05) is 7.11 Å². The maximum Gasteiger partial charge on any atom is 0.339 e. The smallest absolute Gasteiger partial charge is 0.339 e. The van der Waals surface area contributed by atoms with Gasteiger partial charge in [0.25, 0.3) is 0 Å². The number of sulfonamides is 1. The molecule has 0 saturated carbocycles. The fourth-order valence-electron chi connectivity index (χ4n) is 1.66. The Balaban J connectivity index is 2.43. The molecule has 0 atom stereocenters. The van der Waals surface area contributed by atoms with E-state index in [0.717, 1.165) is 6.07 Å². The molecule has 0 aliphatic heterocycles. The van der Waals surface area contributed by atoms with Crippen molar-refractivity contribution in [1.82, 2.24) is 0 Å². The summed E-state index contributed by atoms with van der Waals surface area (Å²) >= 11 is 0. The van der Waals surface area contributed by atoms with E-state index in [-0.39, 0.29) is 21.3 Å². The average molecular weight is 343 g/mol. The molecule has 0 bridgehead atoms. The van der Waals surface area contributed by atoms with Crippen LogP contribution in [-0.4, -0.2) is 23.9 Å². The summed E-state index contributed by atoms with van der Waals surface area (Å²) < 4.78 is 57.0. The first kappa shape index (κ1) is 16.3. The van der Waals surface area contributed by atoms with E-state index in [0.29, 0.717) is 0 Å². The van der Waals surface area contributed by atoms with Gasteiger partial charge in [0, 0.05) is 0 Å². The van der Waals surface area contributed by atoms with E-state index in [1.165, 1.54) is 37.4 Å². The number of nitrogens with two attached hydrogens (primary N) is 1. The predicted molar refractivity (Wildman–Crippen MR) is 78.6 cm³/mol. The van der Waals surface area contributed by atoms with Gasteiger partial charge in [-0.1, -0.05) is 18.2 Å². The molecule has 0 amide bonds. The zero-order valence-electron chi connectivity index (χ0n) is 11.5. The molecule has 0 heterocycles. The number of hydrogen-bond acceptors (Lipinski definition) is 6. The molecule has 0 radical (unpaired) electrons. The molecular formula is C13H13NO6S2. The van der Waals surface area contributed by atoms with Gasteiger partial charge >= 0.3 is 10.1 Å². The predicted octanol–water partition coefficient (Wildman–Crippen LogP) is 1.11. The molecule has 2 rings (SSSR count). The summed E-state index contributed by atoms with van der Waals surface area (Å²) in [6.07, 6.45) is 0. The Hall–Kier alpha value is -2.10. The first-order valence-electron chi connectivity index (χ1n) is 5.94. The van der Waals surface area contributed by atoms with Crippen molar-refractivity contribution < 1.29 is 25.8 Å². The van der Waals surface area contributed by atoms with Crippen molar-refractivity contribution in [2.45, 2.75) is 9.79 Å². The second-order valence-electron chi connectivity index (χ2n) is 4.21. The highest BCUT2D eigenvalue weighted by atomic mass is 32.2. The van der Waals surface area contributed by atoms with Crippen LogP contribution < -0.4 is 14.1 Å². The van der Waals surface area contributed by atoms with Crippen LogP contribution in [0.4, 0.5) is 0 Å². The molecule has 0 spiro atoms.